The van der Waals surface area contributed by atoms with Crippen molar-refractivity contribution in [3.8, 4) is 0 Å². The van der Waals surface area contributed by atoms with E-state index in [1.54, 1.807) is 0 Å². The normalized spacial score (nSPS) is 20.6. The fourth-order valence-electron chi connectivity index (χ4n) is 5.65. The molecular formula is C32H51N9O15S. The number of nitrogens with zero attached hydrogens (tertiary/aromatic N) is 1. The number of esters is 1. The first-order chi connectivity index (χ1) is 26.9. The lowest BCUT2D eigenvalue weighted by atomic mass is 9.94. The van der Waals surface area contributed by atoms with Gasteiger partial charge in [0.1, 0.15) is 35.8 Å². The van der Waals surface area contributed by atoms with Crippen LogP contribution < -0.4 is 43.8 Å². The molecule has 0 saturated carbocycles. The third kappa shape index (κ3) is 13.1. The Balaban J connectivity index is 2.12. The number of hydrogen-bond donors (Lipinski definition) is 13. The van der Waals surface area contributed by atoms with E-state index < -0.39 is 127 Å². The van der Waals surface area contributed by atoms with Crippen molar-refractivity contribution >= 4 is 65.6 Å². The number of hydrogen-bond acceptors (Lipinski definition) is 17. The highest BCUT2D eigenvalue weighted by Crippen LogP contribution is 2.45. The van der Waals surface area contributed by atoms with Crippen molar-refractivity contribution in [1.29, 1.82) is 0 Å². The predicted molar refractivity (Wildman–Crippen MR) is 195 cm³/mol. The van der Waals surface area contributed by atoms with Crippen LogP contribution in [0.25, 0.3) is 0 Å². The number of fused-ring (bicyclic) bond motifs is 1. The number of carboxylic acids is 2. The van der Waals surface area contributed by atoms with E-state index in [0.717, 1.165) is 16.7 Å². The molecule has 2 aliphatic rings. The van der Waals surface area contributed by atoms with Gasteiger partial charge in [-0.1, -0.05) is 6.42 Å². The number of unbranched alkanes of at least 4 members (excludes halogenated alkanes) is 1. The van der Waals surface area contributed by atoms with E-state index in [9.17, 15) is 63.6 Å². The Bertz CT molecular complexity index is 1550. The van der Waals surface area contributed by atoms with Gasteiger partial charge in [0.05, 0.1) is 37.8 Å². The number of carboxylic acid groups (broad SMARTS) is 2. The fourth-order valence-corrected chi connectivity index (χ4v) is 7.06. The summed E-state index contributed by atoms with van der Waals surface area (Å²) >= 11 is 0.933. The van der Waals surface area contributed by atoms with Crippen molar-refractivity contribution in [2.45, 2.75) is 99.2 Å². The highest BCUT2D eigenvalue weighted by Gasteiger charge is 2.66. The molecule has 0 aliphatic carbocycles. The van der Waals surface area contributed by atoms with Gasteiger partial charge in [0, 0.05) is 17.7 Å². The van der Waals surface area contributed by atoms with Crippen LogP contribution in [-0.4, -0.2) is 164 Å². The highest BCUT2D eigenvalue weighted by molar-refractivity contribution is 8.00. The van der Waals surface area contributed by atoms with Gasteiger partial charge >= 0.3 is 17.9 Å². The largest absolute Gasteiger partial charge is 0.480 e. The second-order valence-corrected chi connectivity index (χ2v) is 14.2. The van der Waals surface area contributed by atoms with Crippen molar-refractivity contribution in [3.63, 3.8) is 0 Å². The Morgan fingerprint density at radius 2 is 1.58 bits per heavy atom. The standard InChI is InChI=1S/C32H51N9O15S/c1-15(34)25(48)38-19(10-42)27(50)39-20(11-43)26(49)37-18(6-2-3-8-33)21(45)9-23(47)56-12-16-13-57-31-32(36-14-44,30(55)41(31)24(16)29(53)54)40-22(46)7-4-5-17(35)28(51)52/h14-15,17-21,31,42-43,45H,2-13,33-35H2,1H3,(H,36,44)(H,37,49)(H,38,48)(H,39,50)(H,40,46)(H,51,52)(H,53,54). The summed E-state index contributed by atoms with van der Waals surface area (Å²) in [7, 11) is 0. The van der Waals surface area contributed by atoms with Crippen LogP contribution in [0.3, 0.4) is 0 Å². The topological polar surface area (TPSA) is 405 Å². The molecule has 320 valence electrons. The van der Waals surface area contributed by atoms with Crippen LogP contribution in [0.4, 0.5) is 0 Å². The lowest BCUT2D eigenvalue weighted by Gasteiger charge is -2.56. The molecule has 0 bridgehead atoms. The Kier molecular flexibility index (Phi) is 19.2. The minimum Gasteiger partial charge on any atom is -0.480 e. The van der Waals surface area contributed by atoms with E-state index in [0.29, 0.717) is 12.8 Å². The van der Waals surface area contributed by atoms with Crippen LogP contribution in [0.2, 0.25) is 0 Å². The molecule has 24 nitrogen and oxygen atoms in total. The SMILES string of the molecule is CC(N)C(=O)NC(CO)C(=O)NC(CO)C(=O)NC(CCCCN)C(O)CC(=O)OCC1=C(C(=O)O)N2C(=O)C(NC=O)(NC(=O)CCCC(N)C(=O)O)C2SC1. The second kappa shape index (κ2) is 22.7. The average molecular weight is 834 g/mol. The number of ether oxygens (including phenoxy) is 1. The van der Waals surface area contributed by atoms with E-state index in [2.05, 4.69) is 26.6 Å². The molecule has 0 aromatic heterocycles. The van der Waals surface area contributed by atoms with Crippen LogP contribution in [0, 0.1) is 0 Å². The maximum Gasteiger partial charge on any atom is 0.352 e. The van der Waals surface area contributed by atoms with Gasteiger partial charge in [0.25, 0.3) is 5.91 Å². The number of nitrogens with two attached hydrogens (primary N) is 3. The maximum absolute atomic E-state index is 13.4. The summed E-state index contributed by atoms with van der Waals surface area (Å²) < 4.78 is 5.25. The van der Waals surface area contributed by atoms with E-state index >= 15 is 0 Å². The molecule has 8 unspecified atom stereocenters. The minimum absolute atomic E-state index is 0.0299. The Morgan fingerprint density at radius 1 is 0.965 bits per heavy atom. The third-order valence-electron chi connectivity index (χ3n) is 8.80. The minimum atomic E-state index is -2.04. The second-order valence-electron chi connectivity index (χ2n) is 13.2. The van der Waals surface area contributed by atoms with Gasteiger partial charge in [0.15, 0.2) is 0 Å². The van der Waals surface area contributed by atoms with Crippen molar-refractivity contribution < 1.29 is 73.4 Å². The number of rotatable bonds is 26. The van der Waals surface area contributed by atoms with Crippen LogP contribution in [0.5, 0.6) is 0 Å². The van der Waals surface area contributed by atoms with E-state index in [1.807, 2.05) is 0 Å². The maximum atomic E-state index is 13.4. The summed E-state index contributed by atoms with van der Waals surface area (Å²) in [5.74, 6) is -8.63. The lowest BCUT2D eigenvalue weighted by Crippen LogP contribution is -2.85. The molecule has 8 atom stereocenters. The van der Waals surface area contributed by atoms with Gasteiger partial charge in [-0.2, -0.15) is 0 Å². The van der Waals surface area contributed by atoms with Crippen LogP contribution in [-0.2, 0) is 47.9 Å². The molecule has 57 heavy (non-hydrogen) atoms. The molecule has 16 N–H and O–H groups in total. The molecular weight excluding hydrogens is 782 g/mol. The fraction of sp³-hybridized carbons (Fsp3) is 0.656. The van der Waals surface area contributed by atoms with E-state index in [-0.39, 0.29) is 50.0 Å². The van der Waals surface area contributed by atoms with Gasteiger partial charge in [0.2, 0.25) is 35.7 Å². The number of aliphatic hydroxyl groups excluding tert-OH is 3. The molecule has 0 spiro atoms. The quantitative estimate of drug-likeness (QED) is 0.0127. The summed E-state index contributed by atoms with van der Waals surface area (Å²) in [6, 6.07) is -6.54. The molecule has 2 aliphatic heterocycles. The van der Waals surface area contributed by atoms with E-state index in [4.69, 9.17) is 27.0 Å². The monoisotopic (exact) mass is 833 g/mol. The van der Waals surface area contributed by atoms with E-state index in [1.165, 1.54) is 6.92 Å². The highest BCUT2D eigenvalue weighted by atomic mass is 32.2. The first kappa shape index (κ1) is 48.2. The first-order valence-corrected chi connectivity index (χ1v) is 18.8. The van der Waals surface area contributed by atoms with Gasteiger partial charge in [-0.25, -0.2) is 4.79 Å². The summed E-state index contributed by atoms with van der Waals surface area (Å²) in [5.41, 5.74) is 13.8. The number of aliphatic carboxylic acids is 2. The molecule has 6 amide bonds. The molecule has 0 aromatic carbocycles. The molecule has 2 rings (SSSR count). The number of nitrogens with one attached hydrogen (secondary N) is 5. The van der Waals surface area contributed by atoms with Gasteiger partial charge < -0.3 is 74.1 Å². The number of carbonyl (C=O) groups is 9. The average Bonchev–Trinajstić information content (AvgIpc) is 3.16. The third-order valence-corrected chi connectivity index (χ3v) is 10.2. The first-order valence-electron chi connectivity index (χ1n) is 17.7. The number of carbonyl (C=O) groups excluding carboxylic acids is 7. The number of β-lactam (4-membered cyclic amide) rings is 1. The van der Waals surface area contributed by atoms with Gasteiger partial charge in [-0.3, -0.25) is 43.3 Å². The Labute approximate surface area is 330 Å². The summed E-state index contributed by atoms with van der Waals surface area (Å²) in [6.45, 7) is -0.870. The molecule has 2 heterocycles. The zero-order valence-corrected chi connectivity index (χ0v) is 31.8. The Hall–Kier alpha value is -4.92. The van der Waals surface area contributed by atoms with Crippen molar-refractivity contribution in [3.05, 3.63) is 11.3 Å². The number of aliphatic hydroxyl groups is 3. The van der Waals surface area contributed by atoms with Crippen molar-refractivity contribution in [1.82, 2.24) is 31.5 Å². The number of amides is 6. The summed E-state index contributed by atoms with van der Waals surface area (Å²) in [4.78, 5) is 112. The molecule has 0 radical (unpaired) electrons. The molecule has 1 saturated heterocycles. The smallest absolute Gasteiger partial charge is 0.352 e. The van der Waals surface area contributed by atoms with Crippen molar-refractivity contribution in [2.75, 3.05) is 32.1 Å². The van der Waals surface area contributed by atoms with Crippen molar-refractivity contribution in [2.24, 2.45) is 17.2 Å². The Morgan fingerprint density at radius 3 is 2.12 bits per heavy atom. The molecule has 1 fully saturated rings. The lowest BCUT2D eigenvalue weighted by molar-refractivity contribution is -0.162. The van der Waals surface area contributed by atoms with Gasteiger partial charge in [-0.05, 0) is 39.2 Å². The van der Waals surface area contributed by atoms with Crippen LogP contribution >= 0.6 is 11.8 Å². The molecule has 25 heteroatoms. The summed E-state index contributed by atoms with van der Waals surface area (Å²) in [5, 5.41) is 59.6. The van der Waals surface area contributed by atoms with Crippen LogP contribution in [0.1, 0.15) is 51.9 Å². The predicted octanol–water partition coefficient (Wildman–Crippen LogP) is -6.41. The summed E-state index contributed by atoms with van der Waals surface area (Å²) in [6.07, 6.45) is -1.61. The molecule has 0 aromatic rings. The zero-order valence-electron chi connectivity index (χ0n) is 31.0. The number of thioether (sulfide) groups is 1. The van der Waals surface area contributed by atoms with Gasteiger partial charge in [-0.15, -0.1) is 11.8 Å². The zero-order chi connectivity index (χ0) is 43.0. The van der Waals surface area contributed by atoms with Crippen LogP contribution in [0.15, 0.2) is 11.3 Å².